The molecule has 3 heterocycles. The topological polar surface area (TPSA) is 156 Å². The summed E-state index contributed by atoms with van der Waals surface area (Å²) in [6.07, 6.45) is 5.56. The Morgan fingerprint density at radius 2 is 1.85 bits per heavy atom. The molecule has 1 aliphatic carbocycles. The molecule has 1 aliphatic heterocycles. The Kier molecular flexibility index (Phi) is 9.73. The Labute approximate surface area is 233 Å². The average molecular weight is 555 g/mol. The first kappa shape index (κ1) is 29.0. The Morgan fingerprint density at radius 1 is 1.10 bits per heavy atom. The number of pyridine rings is 1. The number of aliphatic carboxylic acids is 1. The van der Waals surface area contributed by atoms with Gasteiger partial charge < -0.3 is 30.1 Å². The summed E-state index contributed by atoms with van der Waals surface area (Å²) in [5.41, 5.74) is 4.66. The number of anilines is 2. The minimum Gasteiger partial charge on any atom is -0.480 e. The van der Waals surface area contributed by atoms with E-state index >= 15 is 0 Å². The van der Waals surface area contributed by atoms with E-state index in [-0.39, 0.29) is 19.6 Å². The van der Waals surface area contributed by atoms with Crippen LogP contribution in [0.2, 0.25) is 0 Å². The van der Waals surface area contributed by atoms with Crippen molar-refractivity contribution < 1.29 is 29.0 Å². The maximum atomic E-state index is 12.0. The number of alkyl carbamates (subject to hydrolysis) is 1. The van der Waals surface area contributed by atoms with Gasteiger partial charge in [-0.1, -0.05) is 6.07 Å². The zero-order chi connectivity index (χ0) is 28.6. The van der Waals surface area contributed by atoms with Gasteiger partial charge in [-0.25, -0.2) is 19.6 Å². The number of aryl methyl sites for hydroxylation is 3. The van der Waals surface area contributed by atoms with E-state index in [0.29, 0.717) is 17.6 Å². The largest absolute Gasteiger partial charge is 0.480 e. The van der Waals surface area contributed by atoms with Gasteiger partial charge in [0.25, 0.3) is 0 Å². The van der Waals surface area contributed by atoms with Crippen molar-refractivity contribution in [3.8, 4) is 0 Å². The van der Waals surface area contributed by atoms with Crippen molar-refractivity contribution >= 4 is 29.7 Å². The number of piperidine rings is 1. The number of hydrogen-bond donors (Lipinski definition) is 3. The van der Waals surface area contributed by atoms with Crippen LogP contribution in [0.3, 0.4) is 0 Å². The normalized spacial score (nSPS) is 16.0. The van der Waals surface area contributed by atoms with Crippen LogP contribution in [0.25, 0.3) is 0 Å². The second kappa shape index (κ2) is 13.4. The minimum absolute atomic E-state index is 0.121. The first-order valence-electron chi connectivity index (χ1n) is 13.8. The maximum absolute atomic E-state index is 12.0. The predicted octanol–water partition coefficient (Wildman–Crippen LogP) is 2.91. The third-order valence-electron chi connectivity index (χ3n) is 7.48. The van der Waals surface area contributed by atoms with E-state index in [1.807, 2.05) is 6.92 Å². The fraction of sp³-hybridized carbons (Fsp3) is 0.571. The number of ether oxygens (including phenoxy) is 2. The second-order valence-corrected chi connectivity index (χ2v) is 10.3. The summed E-state index contributed by atoms with van der Waals surface area (Å²) in [7, 11) is 1.23. The van der Waals surface area contributed by atoms with E-state index in [9.17, 15) is 19.5 Å². The lowest BCUT2D eigenvalue weighted by molar-refractivity contribution is -0.142. The molecule has 2 aromatic rings. The summed E-state index contributed by atoms with van der Waals surface area (Å²) in [6, 6.07) is 3.19. The van der Waals surface area contributed by atoms with Crippen molar-refractivity contribution in [2.75, 3.05) is 43.6 Å². The number of carbonyl (C=O) groups is 3. The van der Waals surface area contributed by atoms with Crippen LogP contribution >= 0.6 is 0 Å². The standard InChI is InChI=1S/C28H38N6O6/c1-17-25(29-16-23(27(36)37)33-28(38)40-15-12-24(35)39-3)30-18(2)31-26(17)34-13-10-20(11-14-34)22-9-8-19-6-4-5-7-21(19)32-22/h8-9,20,23H,4-7,10-16H2,1-3H3,(H,33,38)(H,36,37)(H,29,30,31)/t23-/m0/s1. The van der Waals surface area contributed by atoms with Gasteiger partial charge >= 0.3 is 18.0 Å². The molecule has 12 heteroatoms. The quantitative estimate of drug-likeness (QED) is 0.371. The van der Waals surface area contributed by atoms with Crippen LogP contribution in [0.15, 0.2) is 12.1 Å². The van der Waals surface area contributed by atoms with Gasteiger partial charge in [0.05, 0.1) is 13.5 Å². The summed E-state index contributed by atoms with van der Waals surface area (Å²) in [6.45, 7) is 5.02. The maximum Gasteiger partial charge on any atom is 0.407 e. The van der Waals surface area contributed by atoms with Crippen molar-refractivity contribution in [2.24, 2.45) is 0 Å². The number of amides is 1. The predicted molar refractivity (Wildman–Crippen MR) is 148 cm³/mol. The Bertz CT molecular complexity index is 1230. The molecule has 0 bridgehead atoms. The van der Waals surface area contributed by atoms with E-state index < -0.39 is 24.1 Å². The first-order chi connectivity index (χ1) is 19.2. The molecule has 1 fully saturated rings. The van der Waals surface area contributed by atoms with Crippen LogP contribution in [-0.2, 0) is 31.9 Å². The molecule has 40 heavy (non-hydrogen) atoms. The summed E-state index contributed by atoms with van der Waals surface area (Å²) in [5.74, 6) is 0.526. The highest BCUT2D eigenvalue weighted by molar-refractivity contribution is 5.80. The molecular weight excluding hydrogens is 516 g/mol. The molecule has 2 aliphatic rings. The van der Waals surface area contributed by atoms with Crippen LogP contribution in [0.1, 0.15) is 66.4 Å². The Hall–Kier alpha value is -3.96. The molecule has 0 aromatic carbocycles. The van der Waals surface area contributed by atoms with Crippen molar-refractivity contribution in [3.05, 3.63) is 40.5 Å². The van der Waals surface area contributed by atoms with Gasteiger partial charge in [-0.15, -0.1) is 0 Å². The third kappa shape index (κ3) is 7.36. The van der Waals surface area contributed by atoms with Crippen molar-refractivity contribution in [1.82, 2.24) is 20.3 Å². The lowest BCUT2D eigenvalue weighted by Gasteiger charge is -2.34. The monoisotopic (exact) mass is 554 g/mol. The number of fused-ring (bicyclic) bond motifs is 1. The summed E-state index contributed by atoms with van der Waals surface area (Å²) >= 11 is 0. The second-order valence-electron chi connectivity index (χ2n) is 10.3. The smallest absolute Gasteiger partial charge is 0.407 e. The number of nitrogens with zero attached hydrogens (tertiary/aromatic N) is 4. The van der Waals surface area contributed by atoms with Gasteiger partial charge in [-0.3, -0.25) is 9.78 Å². The minimum atomic E-state index is -1.27. The van der Waals surface area contributed by atoms with E-state index in [1.54, 1.807) is 6.92 Å². The number of nitrogens with one attached hydrogen (secondary N) is 2. The van der Waals surface area contributed by atoms with Gasteiger partial charge in [0.1, 0.15) is 30.1 Å². The van der Waals surface area contributed by atoms with Gasteiger partial charge in [0.2, 0.25) is 0 Å². The van der Waals surface area contributed by atoms with Crippen molar-refractivity contribution in [3.63, 3.8) is 0 Å². The first-order valence-corrected chi connectivity index (χ1v) is 13.8. The van der Waals surface area contributed by atoms with Gasteiger partial charge in [0, 0.05) is 42.5 Å². The molecule has 1 amide bonds. The number of carboxylic acids is 1. The van der Waals surface area contributed by atoms with Crippen LogP contribution in [0, 0.1) is 13.8 Å². The molecule has 0 unspecified atom stereocenters. The fourth-order valence-corrected chi connectivity index (χ4v) is 5.22. The van der Waals surface area contributed by atoms with Gasteiger partial charge in [0.15, 0.2) is 0 Å². The molecule has 4 rings (SSSR count). The zero-order valence-electron chi connectivity index (χ0n) is 23.4. The molecule has 3 N–H and O–H groups in total. The highest BCUT2D eigenvalue weighted by Gasteiger charge is 2.26. The molecular formula is C28H38N6O6. The van der Waals surface area contributed by atoms with Crippen LogP contribution in [-0.4, -0.2) is 77.5 Å². The van der Waals surface area contributed by atoms with E-state index in [0.717, 1.165) is 50.2 Å². The van der Waals surface area contributed by atoms with Crippen molar-refractivity contribution in [2.45, 2.75) is 70.8 Å². The highest BCUT2D eigenvalue weighted by Crippen LogP contribution is 2.33. The molecule has 12 nitrogen and oxygen atoms in total. The molecule has 1 atom stereocenters. The van der Waals surface area contributed by atoms with E-state index in [1.165, 1.54) is 36.9 Å². The fourth-order valence-electron chi connectivity index (χ4n) is 5.22. The van der Waals surface area contributed by atoms with E-state index in [4.69, 9.17) is 14.7 Å². The number of carboxylic acid groups (broad SMARTS) is 1. The number of esters is 1. The lowest BCUT2D eigenvalue weighted by atomic mass is 9.90. The number of carbonyl (C=O) groups excluding carboxylic acids is 2. The summed E-state index contributed by atoms with van der Waals surface area (Å²) in [4.78, 5) is 51.3. The molecule has 216 valence electrons. The Balaban J connectivity index is 1.35. The lowest BCUT2D eigenvalue weighted by Crippen LogP contribution is -2.45. The summed E-state index contributed by atoms with van der Waals surface area (Å²) in [5, 5.41) is 14.9. The van der Waals surface area contributed by atoms with Crippen LogP contribution < -0.4 is 15.5 Å². The van der Waals surface area contributed by atoms with E-state index in [2.05, 4.69) is 37.4 Å². The molecule has 0 spiro atoms. The highest BCUT2D eigenvalue weighted by atomic mass is 16.6. The molecule has 0 saturated carbocycles. The third-order valence-corrected chi connectivity index (χ3v) is 7.48. The number of aromatic nitrogens is 3. The molecule has 0 radical (unpaired) electrons. The number of rotatable bonds is 10. The average Bonchev–Trinajstić information content (AvgIpc) is 2.96. The Morgan fingerprint density at radius 3 is 2.58 bits per heavy atom. The number of hydrogen-bond acceptors (Lipinski definition) is 10. The SMILES string of the molecule is COC(=O)CCOC(=O)N[C@@H](CNc1nc(C)nc(N2CCC(c3ccc4c(n3)CCCC4)CC2)c1C)C(=O)O. The molecule has 2 aromatic heterocycles. The van der Waals surface area contributed by atoms with Crippen molar-refractivity contribution in [1.29, 1.82) is 0 Å². The zero-order valence-corrected chi connectivity index (χ0v) is 23.4. The van der Waals surface area contributed by atoms with Crippen LogP contribution in [0.5, 0.6) is 0 Å². The number of methoxy groups -OCH3 is 1. The van der Waals surface area contributed by atoms with Gasteiger partial charge in [-0.05, 0) is 64.0 Å². The van der Waals surface area contributed by atoms with Crippen LogP contribution in [0.4, 0.5) is 16.4 Å². The van der Waals surface area contributed by atoms with Gasteiger partial charge in [-0.2, -0.15) is 0 Å². The summed E-state index contributed by atoms with van der Waals surface area (Å²) < 4.78 is 9.36. The molecule has 1 saturated heterocycles.